The molecular weight excluding hydrogens is 557 g/mol. The molecule has 2 aromatic carbocycles. The zero-order chi connectivity index (χ0) is 28.0. The number of aliphatic hydroxyl groups is 1. The first kappa shape index (κ1) is 31.1. The van der Waals surface area contributed by atoms with Crippen molar-refractivity contribution in [1.82, 2.24) is 4.90 Å². The fourth-order valence-electron chi connectivity index (χ4n) is 5.37. The standard InChI is InChI=1S/C33H43BrFNO3/c1-2-3-4-5-6-7-8-9-10-11-12-13-14-15-23-36-30(25-19-21-28(35)22-20-25)29(32(38)33(36)39)31(37)26-17-16-18-27(34)24-26/h16-22,24,30,37H,2-15,23H2,1H3. The van der Waals surface area contributed by atoms with Gasteiger partial charge in [0.25, 0.3) is 11.7 Å². The Balaban J connectivity index is 1.53. The van der Waals surface area contributed by atoms with E-state index in [1.165, 1.54) is 82.8 Å². The lowest BCUT2D eigenvalue weighted by Crippen LogP contribution is -2.30. The number of hydrogen-bond acceptors (Lipinski definition) is 3. The molecule has 0 aliphatic carbocycles. The highest BCUT2D eigenvalue weighted by Crippen LogP contribution is 2.40. The largest absolute Gasteiger partial charge is 0.507 e. The van der Waals surface area contributed by atoms with Crippen LogP contribution in [0.3, 0.4) is 0 Å². The van der Waals surface area contributed by atoms with E-state index in [1.54, 1.807) is 35.2 Å². The number of nitrogens with zero attached hydrogens (tertiary/aromatic N) is 1. The number of halogens is 2. The summed E-state index contributed by atoms with van der Waals surface area (Å²) in [6.07, 6.45) is 17.3. The van der Waals surface area contributed by atoms with Crippen molar-refractivity contribution >= 4 is 33.4 Å². The SMILES string of the molecule is CCCCCCCCCCCCCCCCN1C(=O)C(=O)C(=C(O)c2cccc(Br)c2)C1c1ccc(F)cc1. The molecule has 0 radical (unpaired) electrons. The van der Waals surface area contributed by atoms with Crippen molar-refractivity contribution < 1.29 is 19.1 Å². The van der Waals surface area contributed by atoms with Crippen LogP contribution in [0.4, 0.5) is 4.39 Å². The van der Waals surface area contributed by atoms with E-state index < -0.39 is 23.5 Å². The smallest absolute Gasteiger partial charge is 0.295 e. The van der Waals surface area contributed by atoms with Crippen LogP contribution >= 0.6 is 15.9 Å². The number of amides is 1. The van der Waals surface area contributed by atoms with Crippen LogP contribution in [-0.2, 0) is 9.59 Å². The summed E-state index contributed by atoms with van der Waals surface area (Å²) in [4.78, 5) is 27.7. The number of Topliss-reactive ketones (excluding diaryl/α,β-unsaturated/α-hetero) is 1. The fraction of sp³-hybridized carbons (Fsp3) is 0.515. The Morgan fingerprint density at radius 1 is 0.821 bits per heavy atom. The Bertz CT molecular complexity index is 1100. The molecule has 1 amide bonds. The van der Waals surface area contributed by atoms with Gasteiger partial charge in [0.2, 0.25) is 0 Å². The maximum absolute atomic E-state index is 13.7. The van der Waals surface area contributed by atoms with Crippen molar-refractivity contribution in [2.75, 3.05) is 6.54 Å². The van der Waals surface area contributed by atoms with E-state index in [9.17, 15) is 19.1 Å². The molecule has 1 unspecified atom stereocenters. The van der Waals surface area contributed by atoms with Crippen molar-refractivity contribution in [2.24, 2.45) is 0 Å². The third-order valence-electron chi connectivity index (χ3n) is 7.58. The molecule has 0 bridgehead atoms. The van der Waals surface area contributed by atoms with Gasteiger partial charge in [-0.3, -0.25) is 9.59 Å². The van der Waals surface area contributed by atoms with Gasteiger partial charge in [0.1, 0.15) is 11.6 Å². The van der Waals surface area contributed by atoms with Crippen LogP contribution in [0.25, 0.3) is 5.76 Å². The third kappa shape index (κ3) is 9.30. The number of hydrogen-bond donors (Lipinski definition) is 1. The minimum absolute atomic E-state index is 0.0510. The molecule has 4 nitrogen and oxygen atoms in total. The van der Waals surface area contributed by atoms with Crippen molar-refractivity contribution in [3.05, 3.63) is 75.5 Å². The third-order valence-corrected chi connectivity index (χ3v) is 8.07. The maximum Gasteiger partial charge on any atom is 0.295 e. The fourth-order valence-corrected chi connectivity index (χ4v) is 5.77. The number of carbonyl (C=O) groups excluding carboxylic acids is 2. The zero-order valence-corrected chi connectivity index (χ0v) is 24.9. The minimum atomic E-state index is -0.744. The van der Waals surface area contributed by atoms with Gasteiger partial charge in [0.05, 0.1) is 11.6 Å². The number of aliphatic hydroxyl groups excluding tert-OH is 1. The van der Waals surface area contributed by atoms with Gasteiger partial charge >= 0.3 is 0 Å². The van der Waals surface area contributed by atoms with Gasteiger partial charge in [0, 0.05) is 16.6 Å². The molecular formula is C33H43BrFNO3. The monoisotopic (exact) mass is 599 g/mol. The van der Waals surface area contributed by atoms with Crippen molar-refractivity contribution in [1.29, 1.82) is 0 Å². The molecule has 1 atom stereocenters. The predicted molar refractivity (Wildman–Crippen MR) is 160 cm³/mol. The van der Waals surface area contributed by atoms with Gasteiger partial charge in [-0.1, -0.05) is 131 Å². The second-order valence-electron chi connectivity index (χ2n) is 10.7. The zero-order valence-electron chi connectivity index (χ0n) is 23.3. The van der Waals surface area contributed by atoms with Crippen LogP contribution < -0.4 is 0 Å². The molecule has 39 heavy (non-hydrogen) atoms. The summed E-state index contributed by atoms with van der Waals surface area (Å²) in [5, 5.41) is 11.1. The first-order valence-corrected chi connectivity index (χ1v) is 15.5. The van der Waals surface area contributed by atoms with Gasteiger partial charge < -0.3 is 10.0 Å². The van der Waals surface area contributed by atoms with Gasteiger partial charge in [-0.2, -0.15) is 0 Å². The number of unbranched alkanes of at least 4 members (excludes halogenated alkanes) is 13. The molecule has 6 heteroatoms. The summed E-state index contributed by atoms with van der Waals surface area (Å²) >= 11 is 3.39. The lowest BCUT2D eigenvalue weighted by Gasteiger charge is -2.25. The predicted octanol–water partition coefficient (Wildman–Crippen LogP) is 9.49. The molecule has 1 aliphatic heterocycles. The summed E-state index contributed by atoms with van der Waals surface area (Å²) < 4.78 is 14.4. The lowest BCUT2D eigenvalue weighted by atomic mass is 9.95. The van der Waals surface area contributed by atoms with Crippen LogP contribution in [0.15, 0.2) is 58.6 Å². The summed E-state index contributed by atoms with van der Waals surface area (Å²) in [6.45, 7) is 2.67. The van der Waals surface area contributed by atoms with E-state index >= 15 is 0 Å². The van der Waals surface area contributed by atoms with Gasteiger partial charge in [-0.05, 0) is 36.2 Å². The topological polar surface area (TPSA) is 57.6 Å². The van der Waals surface area contributed by atoms with E-state index in [4.69, 9.17) is 0 Å². The Morgan fingerprint density at radius 2 is 1.36 bits per heavy atom. The summed E-state index contributed by atoms with van der Waals surface area (Å²) in [7, 11) is 0. The van der Waals surface area contributed by atoms with Gasteiger partial charge in [0.15, 0.2) is 0 Å². The molecule has 2 aromatic rings. The second kappa shape index (κ2) is 16.6. The van der Waals surface area contributed by atoms with Crippen LogP contribution in [0.1, 0.15) is 114 Å². The number of likely N-dealkylation sites (tertiary alicyclic amines) is 1. The average Bonchev–Trinajstić information content (AvgIpc) is 3.18. The molecule has 1 aliphatic rings. The number of ketones is 1. The molecule has 0 spiro atoms. The first-order chi connectivity index (χ1) is 18.9. The summed E-state index contributed by atoms with van der Waals surface area (Å²) in [6, 6.07) is 12.0. The molecule has 1 N–H and O–H groups in total. The highest BCUT2D eigenvalue weighted by atomic mass is 79.9. The molecule has 3 rings (SSSR count). The van der Waals surface area contributed by atoms with Gasteiger partial charge in [-0.15, -0.1) is 0 Å². The molecule has 1 saturated heterocycles. The quantitative estimate of drug-likeness (QED) is 0.0852. The Kier molecular flexibility index (Phi) is 13.2. The maximum atomic E-state index is 13.7. The molecule has 1 heterocycles. The average molecular weight is 601 g/mol. The normalized spacial score (nSPS) is 16.8. The van der Waals surface area contributed by atoms with E-state index in [-0.39, 0.29) is 11.3 Å². The Morgan fingerprint density at radius 3 is 1.90 bits per heavy atom. The Hall–Kier alpha value is -2.47. The van der Waals surface area contributed by atoms with E-state index in [2.05, 4.69) is 22.9 Å². The van der Waals surface area contributed by atoms with Crippen molar-refractivity contribution in [3.8, 4) is 0 Å². The number of rotatable bonds is 17. The first-order valence-electron chi connectivity index (χ1n) is 14.7. The van der Waals surface area contributed by atoms with E-state index in [0.717, 1.165) is 23.7 Å². The molecule has 0 saturated carbocycles. The minimum Gasteiger partial charge on any atom is -0.507 e. The van der Waals surface area contributed by atoms with Crippen LogP contribution in [-0.4, -0.2) is 28.2 Å². The number of benzene rings is 2. The highest BCUT2D eigenvalue weighted by Gasteiger charge is 2.45. The highest BCUT2D eigenvalue weighted by molar-refractivity contribution is 9.10. The summed E-state index contributed by atoms with van der Waals surface area (Å²) in [5.74, 6) is -1.93. The second-order valence-corrected chi connectivity index (χ2v) is 11.6. The van der Waals surface area contributed by atoms with Crippen LogP contribution in [0.2, 0.25) is 0 Å². The van der Waals surface area contributed by atoms with Crippen molar-refractivity contribution in [3.63, 3.8) is 0 Å². The van der Waals surface area contributed by atoms with Crippen molar-refractivity contribution in [2.45, 2.75) is 103 Å². The number of carbonyl (C=O) groups is 2. The summed E-state index contributed by atoms with van der Waals surface area (Å²) in [5.41, 5.74) is 1.11. The van der Waals surface area contributed by atoms with E-state index in [1.807, 2.05) is 6.07 Å². The molecule has 212 valence electrons. The lowest BCUT2D eigenvalue weighted by molar-refractivity contribution is -0.139. The van der Waals surface area contributed by atoms with E-state index in [0.29, 0.717) is 17.7 Å². The molecule has 0 aromatic heterocycles. The van der Waals surface area contributed by atoms with Gasteiger partial charge in [-0.25, -0.2) is 4.39 Å². The Labute approximate surface area is 241 Å². The molecule has 1 fully saturated rings. The van der Waals surface area contributed by atoms with Crippen LogP contribution in [0.5, 0.6) is 0 Å². The van der Waals surface area contributed by atoms with Crippen LogP contribution in [0, 0.1) is 5.82 Å².